The van der Waals surface area contributed by atoms with E-state index in [-0.39, 0.29) is 0 Å². The highest BCUT2D eigenvalue weighted by atomic mass is 17.1. The third-order valence-corrected chi connectivity index (χ3v) is 2.80. The fraction of sp³-hybridized carbons (Fsp3) is 0.667. The molecule has 0 bridgehead atoms. The summed E-state index contributed by atoms with van der Waals surface area (Å²) in [4.78, 5) is 4.02. The van der Waals surface area contributed by atoms with E-state index in [1.54, 1.807) is 6.08 Å². The molecule has 0 aliphatic carbocycles. The van der Waals surface area contributed by atoms with Crippen LogP contribution in [0.2, 0.25) is 0 Å². The maximum Gasteiger partial charge on any atom is 0.0819 e. The first-order valence-corrected chi connectivity index (χ1v) is 7.65. The third-order valence-electron chi connectivity index (χ3n) is 2.80. The van der Waals surface area contributed by atoms with E-state index in [0.717, 1.165) is 51.4 Å². The van der Waals surface area contributed by atoms with Crippen molar-refractivity contribution in [2.75, 3.05) is 6.61 Å². The van der Waals surface area contributed by atoms with E-state index in [4.69, 9.17) is 10.7 Å². The highest BCUT2D eigenvalue weighted by molar-refractivity contribution is 4.96. The fourth-order valence-corrected chi connectivity index (χ4v) is 1.68. The van der Waals surface area contributed by atoms with E-state index >= 15 is 0 Å². The van der Waals surface area contributed by atoms with Gasteiger partial charge in [-0.05, 0) is 38.4 Å². The van der Waals surface area contributed by atoms with Gasteiger partial charge >= 0.3 is 0 Å². The molecule has 0 aromatic heterocycles. The van der Waals surface area contributed by atoms with Gasteiger partial charge in [-0.15, -0.1) is 0 Å². The number of hydrogen-bond donors (Lipinski definition) is 1. The molecule has 0 aromatic rings. The van der Waals surface area contributed by atoms with Crippen molar-refractivity contribution in [3.8, 4) is 0 Å². The predicted octanol–water partition coefficient (Wildman–Crippen LogP) is 6.07. The van der Waals surface area contributed by atoms with Gasteiger partial charge in [0, 0.05) is 5.48 Å². The molecule has 2 nitrogen and oxygen atoms in total. The second kappa shape index (κ2) is 18.1. The number of hydrogen-bond acceptors (Lipinski definition) is 2. The summed E-state index contributed by atoms with van der Waals surface area (Å²) in [5.74, 6) is 0. The van der Waals surface area contributed by atoms with Crippen LogP contribution < -0.4 is 0 Å². The molecule has 20 heavy (non-hydrogen) atoms. The molecule has 0 radical (unpaired) electrons. The minimum atomic E-state index is -1.63. The molecule has 0 aromatic carbocycles. The quantitative estimate of drug-likeness (QED) is 0.182. The summed E-state index contributed by atoms with van der Waals surface area (Å²) in [6, 6.07) is 0. The molecule has 0 atom stereocenters. The van der Waals surface area contributed by atoms with Gasteiger partial charge < -0.3 is 0 Å². The topological polar surface area (TPSA) is 29.5 Å². The Morgan fingerprint density at radius 2 is 1.35 bits per heavy atom. The van der Waals surface area contributed by atoms with Gasteiger partial charge in [-0.2, -0.15) is 0 Å². The van der Waals surface area contributed by atoms with E-state index in [2.05, 4.69) is 4.89 Å². The molecular formula is C18H32O2. The SMILES string of the molecule is [2H]C([2H])(/C=C\CC)/C=C\C([2H])([2H])/C=C\CCCCCCCCOO. The summed E-state index contributed by atoms with van der Waals surface area (Å²) >= 11 is 0. The van der Waals surface area contributed by atoms with Gasteiger partial charge in [0.15, 0.2) is 0 Å². The standard InChI is InChI=1S/C18H32O2/c1-2-3-4-5-6-7-8-9-10-11-12-13-14-15-16-17-18-20-19/h3-4,6-7,9-10,19H,2,5,8,11-18H2,1H3/b4-3-,7-6-,10-9-/i5D2,8D2. The van der Waals surface area contributed by atoms with Crippen molar-refractivity contribution in [1.82, 2.24) is 0 Å². The number of rotatable bonds is 14. The van der Waals surface area contributed by atoms with Crippen LogP contribution in [0.25, 0.3) is 0 Å². The highest BCUT2D eigenvalue weighted by Gasteiger charge is 1.90. The van der Waals surface area contributed by atoms with Gasteiger partial charge in [-0.3, -0.25) is 5.26 Å². The molecule has 0 heterocycles. The first kappa shape index (κ1) is 12.8. The first-order chi connectivity index (χ1) is 11.3. The lowest BCUT2D eigenvalue weighted by atomic mass is 10.1. The summed E-state index contributed by atoms with van der Waals surface area (Å²) in [6.45, 7) is 2.33. The van der Waals surface area contributed by atoms with Crippen molar-refractivity contribution in [2.24, 2.45) is 0 Å². The lowest BCUT2D eigenvalue weighted by Gasteiger charge is -1.99. The molecule has 0 amide bonds. The van der Waals surface area contributed by atoms with Crippen LogP contribution in [0, 0.1) is 0 Å². The minimum Gasteiger partial charge on any atom is -0.252 e. The molecule has 0 aliphatic rings. The molecule has 0 fully saturated rings. The Labute approximate surface area is 130 Å². The van der Waals surface area contributed by atoms with E-state index in [1.807, 2.05) is 13.0 Å². The minimum absolute atomic E-state index is 0.400. The van der Waals surface area contributed by atoms with Gasteiger partial charge in [0.05, 0.1) is 6.61 Å². The highest BCUT2D eigenvalue weighted by Crippen LogP contribution is 2.07. The Hall–Kier alpha value is -0.860. The van der Waals surface area contributed by atoms with Crippen molar-refractivity contribution in [3.05, 3.63) is 36.5 Å². The van der Waals surface area contributed by atoms with E-state index < -0.39 is 12.7 Å². The van der Waals surface area contributed by atoms with E-state index in [9.17, 15) is 0 Å². The first-order valence-electron chi connectivity index (χ1n) is 9.65. The van der Waals surface area contributed by atoms with Crippen molar-refractivity contribution in [1.29, 1.82) is 0 Å². The van der Waals surface area contributed by atoms with Crippen molar-refractivity contribution in [2.45, 2.75) is 71.0 Å². The summed E-state index contributed by atoms with van der Waals surface area (Å²) in [7, 11) is 0. The third kappa shape index (κ3) is 17.1. The van der Waals surface area contributed by atoms with Crippen LogP contribution in [0.3, 0.4) is 0 Å². The Balaban J connectivity index is 3.96. The molecule has 0 unspecified atom stereocenters. The molecule has 116 valence electrons. The lowest BCUT2D eigenvalue weighted by Crippen LogP contribution is -1.88. The molecule has 1 N–H and O–H groups in total. The molecule has 0 aliphatic heterocycles. The molecule has 0 saturated carbocycles. The maximum atomic E-state index is 8.19. The monoisotopic (exact) mass is 284 g/mol. The van der Waals surface area contributed by atoms with Crippen LogP contribution >= 0.6 is 0 Å². The van der Waals surface area contributed by atoms with Crippen molar-refractivity contribution in [3.63, 3.8) is 0 Å². The zero-order chi connectivity index (χ0) is 18.3. The fourth-order valence-electron chi connectivity index (χ4n) is 1.68. The van der Waals surface area contributed by atoms with Crippen LogP contribution in [0.1, 0.15) is 76.5 Å². The summed E-state index contributed by atoms with van der Waals surface area (Å²) in [6.07, 6.45) is 13.8. The summed E-state index contributed by atoms with van der Waals surface area (Å²) < 4.78 is 31.2. The normalized spacial score (nSPS) is 16.7. The molecule has 0 spiro atoms. The van der Waals surface area contributed by atoms with Crippen molar-refractivity contribution < 1.29 is 15.6 Å². The number of allylic oxidation sites excluding steroid dienone is 6. The largest absolute Gasteiger partial charge is 0.252 e. The molecular weight excluding hydrogens is 248 g/mol. The predicted molar refractivity (Wildman–Crippen MR) is 87.8 cm³/mol. The molecule has 0 saturated heterocycles. The van der Waals surface area contributed by atoms with Gasteiger partial charge in [0.1, 0.15) is 0 Å². The van der Waals surface area contributed by atoms with Gasteiger partial charge in [-0.1, -0.05) is 69.1 Å². The Bertz CT molecular complexity index is 390. The van der Waals surface area contributed by atoms with Gasteiger partial charge in [0.25, 0.3) is 0 Å². The van der Waals surface area contributed by atoms with Crippen LogP contribution in [-0.2, 0) is 4.89 Å². The van der Waals surface area contributed by atoms with Gasteiger partial charge in [-0.25, -0.2) is 4.89 Å². The van der Waals surface area contributed by atoms with Crippen LogP contribution in [0.5, 0.6) is 0 Å². The zero-order valence-electron chi connectivity index (χ0n) is 16.7. The van der Waals surface area contributed by atoms with Gasteiger partial charge in [0.2, 0.25) is 0 Å². The second-order valence-electron chi connectivity index (χ2n) is 4.62. The smallest absolute Gasteiger partial charge is 0.0819 e. The van der Waals surface area contributed by atoms with Crippen molar-refractivity contribution >= 4 is 0 Å². The Kier molecular flexibility index (Phi) is 11.7. The van der Waals surface area contributed by atoms with Crippen LogP contribution in [-0.4, -0.2) is 11.9 Å². The summed E-state index contributed by atoms with van der Waals surface area (Å²) in [5.41, 5.74) is 0. The van der Waals surface area contributed by atoms with E-state index in [0.29, 0.717) is 6.61 Å². The molecule has 0 rings (SSSR count). The molecule has 2 heteroatoms. The average molecular weight is 284 g/mol. The van der Waals surface area contributed by atoms with Crippen LogP contribution in [0.4, 0.5) is 0 Å². The lowest BCUT2D eigenvalue weighted by molar-refractivity contribution is -0.242. The Morgan fingerprint density at radius 1 is 0.800 bits per heavy atom. The number of unbranched alkanes of at least 4 members (excludes halogenated alkanes) is 6. The summed E-state index contributed by atoms with van der Waals surface area (Å²) in [5, 5.41) is 8.19. The van der Waals surface area contributed by atoms with E-state index in [1.165, 1.54) is 24.3 Å². The maximum absolute atomic E-state index is 8.19. The Morgan fingerprint density at radius 3 is 2.00 bits per heavy atom. The average Bonchev–Trinajstić information content (AvgIpc) is 2.53. The van der Waals surface area contributed by atoms with Crippen LogP contribution in [0.15, 0.2) is 36.5 Å². The second-order valence-corrected chi connectivity index (χ2v) is 4.62. The zero-order valence-corrected chi connectivity index (χ0v) is 12.7.